The first-order chi connectivity index (χ1) is 51.6. The van der Waals surface area contributed by atoms with E-state index < -0.39 is 0 Å². The van der Waals surface area contributed by atoms with Crippen molar-refractivity contribution in [2.45, 2.75) is 26.4 Å². The van der Waals surface area contributed by atoms with Gasteiger partial charge in [0.2, 0.25) is 0 Å². The van der Waals surface area contributed by atoms with Gasteiger partial charge in [0.1, 0.15) is 49.4 Å². The molecule has 0 atom stereocenters. The average molecular weight is 1330 g/mol. The second-order valence-electron chi connectivity index (χ2n) is 26.9. The molecule has 0 radical (unpaired) electrons. The first kappa shape index (κ1) is 61.8. The van der Waals surface area contributed by atoms with Crippen LogP contribution in [-0.4, -0.2) is 0 Å². The summed E-state index contributed by atoms with van der Waals surface area (Å²) in [5.74, 6) is 3.00. The highest BCUT2D eigenvalue weighted by Crippen LogP contribution is 2.52. The third-order valence-corrected chi connectivity index (χ3v) is 21.1. The third kappa shape index (κ3) is 11.0. The zero-order valence-corrected chi connectivity index (χ0v) is 57.1. The van der Waals surface area contributed by atoms with Crippen molar-refractivity contribution < 1.29 is 18.9 Å². The van der Waals surface area contributed by atoms with E-state index in [-0.39, 0.29) is 26.4 Å². The van der Waals surface area contributed by atoms with Gasteiger partial charge in [-0.15, -0.1) is 0 Å². The van der Waals surface area contributed by atoms with E-state index in [0.29, 0.717) is 0 Å². The number of para-hydroxylation sites is 4. The molecule has 18 aromatic carbocycles. The summed E-state index contributed by atoms with van der Waals surface area (Å²) >= 11 is 0. The van der Waals surface area contributed by atoms with Crippen molar-refractivity contribution in [3.05, 3.63) is 386 Å². The molecule has 104 heavy (non-hydrogen) atoms. The molecule has 0 fully saturated rings. The van der Waals surface area contributed by atoms with Crippen LogP contribution < -0.4 is 18.9 Å². The summed E-state index contributed by atoms with van der Waals surface area (Å²) in [6.45, 7) is 1.15. The highest BCUT2D eigenvalue weighted by atomic mass is 16.5. The molecule has 19 rings (SSSR count). The molecule has 4 heteroatoms. The number of rotatable bonds is 0. The van der Waals surface area contributed by atoms with Crippen LogP contribution in [0.2, 0.25) is 0 Å². The molecule has 1 heterocycles. The maximum Gasteiger partial charge on any atom is 0.127 e. The van der Waals surface area contributed by atoms with Gasteiger partial charge in [0.25, 0.3) is 0 Å². The van der Waals surface area contributed by atoms with Crippen molar-refractivity contribution in [2.24, 2.45) is 0 Å². The molecule has 0 aromatic heterocycles. The van der Waals surface area contributed by atoms with Crippen molar-refractivity contribution in [3.63, 3.8) is 0 Å². The summed E-state index contributed by atoms with van der Waals surface area (Å²) in [5, 5.41) is 13.7. The van der Waals surface area contributed by atoms with Crippen molar-refractivity contribution in [1.82, 2.24) is 0 Å². The molecular weight excluding hydrogens is 1270 g/mol. The molecule has 0 N–H and O–H groups in total. The largest absolute Gasteiger partial charge is 0.488 e. The first-order valence-corrected chi connectivity index (χ1v) is 35.8. The normalized spacial score (nSPS) is 12.4. The highest BCUT2D eigenvalue weighted by Gasteiger charge is 2.27. The molecule has 0 unspecified atom stereocenters. The zero-order valence-electron chi connectivity index (χ0n) is 57.1. The number of hydrogen-bond acceptors (Lipinski definition) is 4. The van der Waals surface area contributed by atoms with Gasteiger partial charge in [-0.2, -0.15) is 0 Å². The van der Waals surface area contributed by atoms with E-state index in [1.54, 1.807) is 0 Å². The Morgan fingerprint density at radius 3 is 0.577 bits per heavy atom. The van der Waals surface area contributed by atoms with Gasteiger partial charge >= 0.3 is 0 Å². The Hall–Kier alpha value is -13.3. The van der Waals surface area contributed by atoms with Crippen LogP contribution >= 0.6 is 0 Å². The molecule has 0 spiro atoms. The lowest BCUT2D eigenvalue weighted by molar-refractivity contribution is 0.302. The molecular formula is C100H68O4. The summed E-state index contributed by atoms with van der Waals surface area (Å²) < 4.78 is 29.2. The van der Waals surface area contributed by atoms with E-state index in [1.165, 1.54) is 0 Å². The Morgan fingerprint density at radius 2 is 0.317 bits per heavy atom. The average Bonchev–Trinajstić information content (AvgIpc) is 0.740. The maximum atomic E-state index is 7.34. The van der Waals surface area contributed by atoms with Gasteiger partial charge < -0.3 is 18.9 Å². The van der Waals surface area contributed by atoms with Crippen LogP contribution in [0.5, 0.6) is 23.0 Å². The predicted octanol–water partition coefficient (Wildman–Crippen LogP) is 26.6. The Balaban J connectivity index is 0.840. The lowest BCUT2D eigenvalue weighted by atomic mass is 9.81. The van der Waals surface area contributed by atoms with Crippen molar-refractivity contribution in [2.75, 3.05) is 0 Å². The molecule has 0 aliphatic carbocycles. The van der Waals surface area contributed by atoms with E-state index in [2.05, 4.69) is 364 Å². The standard InChI is InChI=1S/C100H68O4/c1-7-31-75-65(25-1)49-53-71-61-101-91-45-21-17-41-85(91)87-43-19-23-47-93(87)103-63-73-55-51-67-27-3-9-33-77(67)97(73)99-79-35-11-5-29-69(79)57-59-89(99)83-39-15-13-37-81(83)82-38-14-16-40-84(82)90-60-58-70-30-6-12-36-80(70)100(90)98-74(56-52-68-28-4-10-34-78(68)98)64-104-94-48-24-20-44-88(94)86-42-18-22-46-92(86)102-62-72-54-50-66-26-2-8-32-76(66)96(72)95(71)75/h1-60H,61-64H2. The van der Waals surface area contributed by atoms with E-state index in [4.69, 9.17) is 18.9 Å². The van der Waals surface area contributed by atoms with Gasteiger partial charge in [-0.25, -0.2) is 0 Å². The zero-order chi connectivity index (χ0) is 68.9. The molecule has 4 nitrogen and oxygen atoms in total. The number of ether oxygens (including phenoxy) is 4. The Bertz CT molecular complexity index is 6010. The van der Waals surface area contributed by atoms with Crippen LogP contribution in [0.15, 0.2) is 364 Å². The van der Waals surface area contributed by atoms with Gasteiger partial charge in [0, 0.05) is 22.3 Å². The monoisotopic (exact) mass is 1330 g/mol. The maximum absolute atomic E-state index is 7.34. The van der Waals surface area contributed by atoms with Gasteiger partial charge in [-0.1, -0.05) is 340 Å². The summed E-state index contributed by atoms with van der Waals surface area (Å²) in [7, 11) is 0. The Labute approximate surface area is 604 Å². The van der Waals surface area contributed by atoms with Crippen molar-refractivity contribution in [1.29, 1.82) is 0 Å². The van der Waals surface area contributed by atoms with E-state index >= 15 is 0 Å². The van der Waals surface area contributed by atoms with E-state index in [1.807, 2.05) is 0 Å². The second-order valence-corrected chi connectivity index (χ2v) is 26.9. The molecule has 0 saturated carbocycles. The fourth-order valence-corrected chi connectivity index (χ4v) is 16.2. The van der Waals surface area contributed by atoms with Crippen LogP contribution in [0.3, 0.4) is 0 Å². The topological polar surface area (TPSA) is 36.9 Å². The Kier molecular flexibility index (Phi) is 15.8. The summed E-state index contributed by atoms with van der Waals surface area (Å²) in [6, 6.07) is 131. The smallest absolute Gasteiger partial charge is 0.127 e. The summed E-state index contributed by atoms with van der Waals surface area (Å²) in [6.07, 6.45) is 0. The Morgan fingerprint density at radius 1 is 0.135 bits per heavy atom. The molecule has 0 amide bonds. The molecule has 0 saturated heterocycles. The lowest BCUT2D eigenvalue weighted by Gasteiger charge is -2.24. The lowest BCUT2D eigenvalue weighted by Crippen LogP contribution is -2.05. The van der Waals surface area contributed by atoms with Crippen LogP contribution in [0.4, 0.5) is 0 Å². The third-order valence-electron chi connectivity index (χ3n) is 21.1. The molecule has 1 aliphatic rings. The van der Waals surface area contributed by atoms with Gasteiger partial charge in [0.15, 0.2) is 0 Å². The fourth-order valence-electron chi connectivity index (χ4n) is 16.2. The van der Waals surface area contributed by atoms with E-state index in [9.17, 15) is 0 Å². The summed E-state index contributed by atoms with van der Waals surface area (Å²) in [5.41, 5.74) is 21.5. The quantitative estimate of drug-likeness (QED) is 0.152. The first-order valence-electron chi connectivity index (χ1n) is 35.8. The minimum Gasteiger partial charge on any atom is -0.488 e. The van der Waals surface area contributed by atoms with Gasteiger partial charge in [0.05, 0.1) is 0 Å². The SMILES string of the molecule is c1ccc2c(c1)OCc1ccc3ccccc3c1-c1c(ccc3ccccc13)COc1ccccc1-c1ccccc1OCc1ccc3ccccc3c1-c1c(ccc3ccccc13)-c1ccccc1-c1ccccc1-c1ccc3ccccc3c1-c1c(ccc3ccccc13)COc1ccccc1-2. The predicted molar refractivity (Wildman–Crippen MR) is 432 cm³/mol. The minimum atomic E-state index is 0.287. The van der Waals surface area contributed by atoms with E-state index in [0.717, 1.165) is 199 Å². The fraction of sp³-hybridized carbons (Fsp3) is 0.0400. The highest BCUT2D eigenvalue weighted by molar-refractivity contribution is 6.16. The molecule has 0 bridgehead atoms. The minimum absolute atomic E-state index is 0.287. The number of fused-ring (bicyclic) bond motifs is 32. The van der Waals surface area contributed by atoms with Gasteiger partial charge in [-0.3, -0.25) is 0 Å². The second kappa shape index (κ2) is 26.7. The van der Waals surface area contributed by atoms with Gasteiger partial charge in [-0.05, 0) is 178 Å². The number of hydrogen-bond donors (Lipinski definition) is 0. The van der Waals surface area contributed by atoms with Crippen LogP contribution in [0.25, 0.3) is 154 Å². The molecule has 18 aromatic rings. The molecule has 1 aliphatic heterocycles. The van der Waals surface area contributed by atoms with Crippen molar-refractivity contribution in [3.8, 4) is 112 Å². The van der Waals surface area contributed by atoms with Crippen LogP contribution in [0, 0.1) is 0 Å². The number of benzene rings is 18. The summed E-state index contributed by atoms with van der Waals surface area (Å²) in [4.78, 5) is 0. The van der Waals surface area contributed by atoms with Crippen LogP contribution in [0.1, 0.15) is 22.3 Å². The van der Waals surface area contributed by atoms with Crippen molar-refractivity contribution >= 4 is 64.6 Å². The van der Waals surface area contributed by atoms with Crippen LogP contribution in [-0.2, 0) is 26.4 Å². The molecule has 492 valence electrons.